The number of halogens is 2. The van der Waals surface area contributed by atoms with Crippen molar-refractivity contribution in [1.82, 2.24) is 0 Å². The molecule has 0 aromatic rings. The lowest BCUT2D eigenvalue weighted by atomic mass is 9.74. The molecule has 3 aliphatic heterocycles. The minimum absolute atomic E-state index is 0. The van der Waals surface area contributed by atoms with Gasteiger partial charge in [0.2, 0.25) is 0 Å². The molecule has 11 heavy (non-hydrogen) atoms. The number of quaternary nitrogens is 1. The van der Waals surface area contributed by atoms with Crippen LogP contribution in [0, 0.1) is 5.41 Å². The van der Waals surface area contributed by atoms with E-state index in [0.29, 0.717) is 0 Å². The van der Waals surface area contributed by atoms with E-state index in [1.54, 1.807) is 0 Å². The predicted octanol–water partition coefficient (Wildman–Crippen LogP) is -2.55. The second-order valence-electron chi connectivity index (χ2n) is 3.88. The SMILES string of the molecule is BrCC12CC[NH+](CC1)CC2.[Br-]. The molecule has 0 unspecified atom stereocenters. The van der Waals surface area contributed by atoms with Crippen molar-refractivity contribution in [2.24, 2.45) is 5.41 Å². The molecule has 1 nitrogen and oxygen atoms in total. The van der Waals surface area contributed by atoms with Gasteiger partial charge in [0.05, 0.1) is 19.6 Å². The molecule has 2 bridgehead atoms. The first-order chi connectivity index (χ1) is 4.85. The Hall–Kier alpha value is 0.920. The summed E-state index contributed by atoms with van der Waals surface area (Å²) in [7, 11) is 0. The van der Waals surface area contributed by atoms with Gasteiger partial charge in [0.1, 0.15) is 0 Å². The number of fused-ring (bicyclic) bond motifs is 3. The fraction of sp³-hybridized carbons (Fsp3) is 1.00. The third kappa shape index (κ3) is 1.81. The molecule has 0 amide bonds. The zero-order chi connectivity index (χ0) is 7.03. The Bertz CT molecular complexity index is 116. The summed E-state index contributed by atoms with van der Waals surface area (Å²) in [6.07, 6.45) is 4.40. The van der Waals surface area contributed by atoms with Crippen LogP contribution in [-0.4, -0.2) is 25.0 Å². The Morgan fingerprint density at radius 3 is 1.82 bits per heavy atom. The standard InChI is InChI=1S/C8H14BrN.BrH/c9-7-8-1-4-10(5-2-8)6-3-8;/h1-7H2;1H. The summed E-state index contributed by atoms with van der Waals surface area (Å²) in [5.41, 5.74) is 0.724. The lowest BCUT2D eigenvalue weighted by Gasteiger charge is -2.44. The van der Waals surface area contributed by atoms with Gasteiger partial charge in [-0.05, 0) is 5.41 Å². The monoisotopic (exact) mass is 283 g/mol. The molecule has 3 heteroatoms. The maximum atomic E-state index is 3.64. The normalized spacial score (nSPS) is 41.7. The maximum Gasteiger partial charge on any atom is 0.0776 e. The van der Waals surface area contributed by atoms with E-state index in [1.807, 2.05) is 4.90 Å². The Labute approximate surface area is 87.4 Å². The van der Waals surface area contributed by atoms with Gasteiger partial charge in [-0.25, -0.2) is 0 Å². The molecule has 3 rings (SSSR count). The summed E-state index contributed by atoms with van der Waals surface area (Å²) in [4.78, 5) is 1.85. The molecule has 3 aliphatic rings. The number of hydrogen-bond donors (Lipinski definition) is 1. The van der Waals surface area contributed by atoms with Crippen LogP contribution in [0.3, 0.4) is 0 Å². The van der Waals surface area contributed by atoms with Crippen molar-refractivity contribution in [1.29, 1.82) is 0 Å². The quantitative estimate of drug-likeness (QED) is 0.506. The van der Waals surface area contributed by atoms with E-state index < -0.39 is 0 Å². The van der Waals surface area contributed by atoms with Crippen LogP contribution >= 0.6 is 15.9 Å². The summed E-state index contributed by atoms with van der Waals surface area (Å²) in [5, 5.41) is 1.24. The van der Waals surface area contributed by atoms with E-state index in [1.165, 1.54) is 44.2 Å². The zero-order valence-corrected chi connectivity index (χ0v) is 9.88. The van der Waals surface area contributed by atoms with Crippen LogP contribution in [0.5, 0.6) is 0 Å². The number of rotatable bonds is 1. The first kappa shape index (κ1) is 10.0. The number of nitrogens with one attached hydrogen (secondary N) is 1. The van der Waals surface area contributed by atoms with E-state index in [-0.39, 0.29) is 17.0 Å². The van der Waals surface area contributed by atoms with Crippen molar-refractivity contribution in [2.45, 2.75) is 19.3 Å². The second kappa shape index (κ2) is 3.75. The van der Waals surface area contributed by atoms with Gasteiger partial charge in [-0.2, -0.15) is 0 Å². The lowest BCUT2D eigenvalue weighted by Crippen LogP contribution is -3.15. The summed E-state index contributed by atoms with van der Waals surface area (Å²) < 4.78 is 0. The molecule has 0 aliphatic carbocycles. The summed E-state index contributed by atoms with van der Waals surface area (Å²) >= 11 is 3.64. The van der Waals surface area contributed by atoms with Crippen molar-refractivity contribution < 1.29 is 21.9 Å². The van der Waals surface area contributed by atoms with Crippen LogP contribution in [0.4, 0.5) is 0 Å². The Balaban J connectivity index is 0.000000605. The molecule has 66 valence electrons. The predicted molar refractivity (Wildman–Crippen MR) is 45.6 cm³/mol. The Morgan fingerprint density at radius 1 is 1.09 bits per heavy atom. The third-order valence-corrected chi connectivity index (χ3v) is 4.50. The van der Waals surface area contributed by atoms with Gasteiger partial charge in [-0.15, -0.1) is 0 Å². The van der Waals surface area contributed by atoms with Crippen molar-refractivity contribution in [3.05, 3.63) is 0 Å². The van der Waals surface area contributed by atoms with Gasteiger partial charge in [-0.3, -0.25) is 0 Å². The number of alkyl halides is 1. The molecular formula is C8H15Br2N. The molecule has 0 spiro atoms. The zero-order valence-electron chi connectivity index (χ0n) is 6.71. The molecule has 3 saturated heterocycles. The van der Waals surface area contributed by atoms with E-state index in [0.717, 1.165) is 5.41 Å². The van der Waals surface area contributed by atoms with Crippen LogP contribution in [0.1, 0.15) is 19.3 Å². The third-order valence-electron chi connectivity index (χ3n) is 3.31. The molecule has 1 N–H and O–H groups in total. The fourth-order valence-electron chi connectivity index (χ4n) is 2.28. The summed E-state index contributed by atoms with van der Waals surface area (Å²) in [6.45, 7) is 4.31. The lowest BCUT2D eigenvalue weighted by molar-refractivity contribution is -0.919. The van der Waals surface area contributed by atoms with Crippen LogP contribution in [-0.2, 0) is 0 Å². The van der Waals surface area contributed by atoms with Crippen LogP contribution in [0.2, 0.25) is 0 Å². The van der Waals surface area contributed by atoms with Crippen LogP contribution < -0.4 is 21.9 Å². The van der Waals surface area contributed by atoms with E-state index in [2.05, 4.69) is 15.9 Å². The van der Waals surface area contributed by atoms with Gasteiger partial charge >= 0.3 is 0 Å². The highest BCUT2D eigenvalue weighted by Gasteiger charge is 2.40. The molecule has 0 aromatic carbocycles. The average Bonchev–Trinajstić information content (AvgIpc) is 2.08. The average molecular weight is 285 g/mol. The molecular weight excluding hydrogens is 270 g/mol. The van der Waals surface area contributed by atoms with Crippen molar-refractivity contribution in [3.8, 4) is 0 Å². The van der Waals surface area contributed by atoms with Crippen LogP contribution in [0.25, 0.3) is 0 Å². The smallest absolute Gasteiger partial charge is 0.0776 e. The minimum Gasteiger partial charge on any atom is -1.00 e. The summed E-state index contributed by atoms with van der Waals surface area (Å²) in [5.74, 6) is 0. The van der Waals surface area contributed by atoms with Crippen molar-refractivity contribution >= 4 is 15.9 Å². The van der Waals surface area contributed by atoms with Gasteiger partial charge in [0.15, 0.2) is 0 Å². The minimum atomic E-state index is 0. The van der Waals surface area contributed by atoms with Crippen molar-refractivity contribution in [2.75, 3.05) is 25.0 Å². The fourth-order valence-corrected chi connectivity index (χ4v) is 3.12. The Kier molecular flexibility index (Phi) is 3.41. The first-order valence-electron chi connectivity index (χ1n) is 4.24. The molecule has 0 aromatic heterocycles. The molecule has 3 heterocycles. The van der Waals surface area contributed by atoms with E-state index in [9.17, 15) is 0 Å². The van der Waals surface area contributed by atoms with E-state index in [4.69, 9.17) is 0 Å². The second-order valence-corrected chi connectivity index (χ2v) is 4.44. The molecule has 0 atom stereocenters. The van der Waals surface area contributed by atoms with Gasteiger partial charge in [0, 0.05) is 24.6 Å². The van der Waals surface area contributed by atoms with Crippen molar-refractivity contribution in [3.63, 3.8) is 0 Å². The molecule has 3 fully saturated rings. The van der Waals surface area contributed by atoms with Crippen LogP contribution in [0.15, 0.2) is 0 Å². The highest BCUT2D eigenvalue weighted by molar-refractivity contribution is 9.09. The topological polar surface area (TPSA) is 4.44 Å². The van der Waals surface area contributed by atoms with E-state index >= 15 is 0 Å². The van der Waals surface area contributed by atoms with Gasteiger partial charge in [0.25, 0.3) is 0 Å². The Morgan fingerprint density at radius 2 is 1.55 bits per heavy atom. The molecule has 0 saturated carbocycles. The molecule has 0 radical (unpaired) electrons. The number of piperidine rings is 3. The van der Waals surface area contributed by atoms with Gasteiger partial charge < -0.3 is 21.9 Å². The largest absolute Gasteiger partial charge is 1.00 e. The highest BCUT2D eigenvalue weighted by atomic mass is 79.9. The highest BCUT2D eigenvalue weighted by Crippen LogP contribution is 2.35. The van der Waals surface area contributed by atoms with Gasteiger partial charge in [-0.1, -0.05) is 15.9 Å². The first-order valence-corrected chi connectivity index (χ1v) is 5.36. The maximum absolute atomic E-state index is 3.64. The number of hydrogen-bond acceptors (Lipinski definition) is 0. The summed E-state index contributed by atoms with van der Waals surface area (Å²) in [6, 6.07) is 0.